The Balaban J connectivity index is 1.57. The van der Waals surface area contributed by atoms with E-state index in [1.54, 1.807) is 12.0 Å². The van der Waals surface area contributed by atoms with Crippen LogP contribution in [0.1, 0.15) is 18.2 Å². The molecule has 1 aliphatic heterocycles. The molecule has 2 aromatic heterocycles. The molecule has 1 saturated heterocycles. The first kappa shape index (κ1) is 23.1. The maximum atomic E-state index is 13.3. The highest BCUT2D eigenvalue weighted by atomic mass is 32.2. The molecule has 0 aliphatic carbocycles. The summed E-state index contributed by atoms with van der Waals surface area (Å²) < 4.78 is 7.14. The van der Waals surface area contributed by atoms with Crippen LogP contribution >= 0.6 is 23.1 Å². The molecule has 5 rings (SSSR count). The molecule has 0 spiro atoms. The first-order chi connectivity index (χ1) is 17.1. The second-order valence-electron chi connectivity index (χ2n) is 7.77. The lowest BCUT2D eigenvalue weighted by Gasteiger charge is -2.11. The molecule has 7 nitrogen and oxygen atoms in total. The van der Waals surface area contributed by atoms with Gasteiger partial charge in [0.15, 0.2) is 5.17 Å². The Morgan fingerprint density at radius 2 is 1.89 bits per heavy atom. The first-order valence-electron chi connectivity index (χ1n) is 11.1. The Bertz CT molecular complexity index is 1420. The molecule has 0 bridgehead atoms. The van der Waals surface area contributed by atoms with Gasteiger partial charge in [0.05, 0.1) is 29.1 Å². The van der Waals surface area contributed by atoms with Crippen LogP contribution in [0, 0.1) is 6.92 Å². The number of benzene rings is 2. The minimum Gasteiger partial charge on any atom is -0.497 e. The molecule has 0 N–H and O–H groups in total. The number of likely N-dealkylation sites (N-methyl/N-ethyl adjacent to an activating group) is 1. The molecular weight excluding hydrogens is 478 g/mol. The number of aromatic nitrogens is 3. The molecule has 0 saturated carbocycles. The Morgan fingerprint density at radius 3 is 2.54 bits per heavy atom. The van der Waals surface area contributed by atoms with Crippen molar-refractivity contribution in [3.05, 3.63) is 82.3 Å². The van der Waals surface area contributed by atoms with Gasteiger partial charge in [-0.15, -0.1) is 11.3 Å². The molecule has 1 amide bonds. The number of aryl methyl sites for hydroxylation is 1. The fraction of sp³-hybridized carbons (Fsp3) is 0.154. The number of aliphatic imine (C=N–C) groups is 1. The summed E-state index contributed by atoms with van der Waals surface area (Å²) in [5.41, 5.74) is 4.41. The fourth-order valence-corrected chi connectivity index (χ4v) is 5.42. The number of rotatable bonds is 6. The second kappa shape index (κ2) is 9.89. The van der Waals surface area contributed by atoms with E-state index in [1.807, 2.05) is 90.8 Å². The number of nitrogens with zero attached hydrogens (tertiary/aromatic N) is 5. The van der Waals surface area contributed by atoms with Crippen LogP contribution in [-0.2, 0) is 4.79 Å². The average Bonchev–Trinajstić information content (AvgIpc) is 3.57. The number of ether oxygens (including phenoxy) is 1. The molecule has 3 heterocycles. The SMILES string of the molecule is CCN1C(=O)/C(=C/c2cn(-c3ccccc3)nc2-c2ccc(OC)cc2)S/C1=N/c1nc(C)cs1. The molecule has 4 aromatic rings. The van der Waals surface area contributed by atoms with Crippen molar-refractivity contribution in [1.29, 1.82) is 0 Å². The van der Waals surface area contributed by atoms with Gasteiger partial charge in [0.25, 0.3) is 5.91 Å². The predicted molar refractivity (Wildman–Crippen MR) is 142 cm³/mol. The summed E-state index contributed by atoms with van der Waals surface area (Å²) in [5, 5.41) is 8.10. The molecule has 0 radical (unpaired) electrons. The molecule has 0 atom stereocenters. The van der Waals surface area contributed by atoms with Crippen LogP contribution in [0.5, 0.6) is 5.75 Å². The highest BCUT2D eigenvalue weighted by Crippen LogP contribution is 2.36. The van der Waals surface area contributed by atoms with E-state index in [9.17, 15) is 4.79 Å². The van der Waals surface area contributed by atoms with Gasteiger partial charge in [-0.25, -0.2) is 9.67 Å². The largest absolute Gasteiger partial charge is 0.497 e. The number of amidine groups is 1. The first-order valence-corrected chi connectivity index (χ1v) is 12.8. The standard InChI is InChI=1S/C26H23N5O2S2/c1-4-30-24(32)22(35-26(30)28-25-27-17(2)16-34-25)14-19-15-31(20-8-6-5-7-9-20)29-23(19)18-10-12-21(33-3)13-11-18/h5-16H,4H2,1-3H3/b22-14-,28-26+. The monoisotopic (exact) mass is 501 g/mol. The zero-order chi connectivity index (χ0) is 24.4. The van der Waals surface area contributed by atoms with Gasteiger partial charge in [-0.3, -0.25) is 9.69 Å². The van der Waals surface area contributed by atoms with Crippen molar-refractivity contribution in [2.24, 2.45) is 4.99 Å². The van der Waals surface area contributed by atoms with Gasteiger partial charge in [-0.2, -0.15) is 10.1 Å². The summed E-state index contributed by atoms with van der Waals surface area (Å²) in [6.45, 7) is 4.41. The van der Waals surface area contributed by atoms with Crippen molar-refractivity contribution in [1.82, 2.24) is 19.7 Å². The smallest absolute Gasteiger partial charge is 0.266 e. The van der Waals surface area contributed by atoms with Crippen molar-refractivity contribution in [3.8, 4) is 22.7 Å². The number of thiazole rings is 1. The van der Waals surface area contributed by atoms with E-state index in [0.29, 0.717) is 21.7 Å². The Labute approximate surface area is 211 Å². The van der Waals surface area contributed by atoms with E-state index in [4.69, 9.17) is 9.84 Å². The molecule has 0 unspecified atom stereocenters. The van der Waals surface area contributed by atoms with Crippen molar-refractivity contribution >= 4 is 45.4 Å². The highest BCUT2D eigenvalue weighted by Gasteiger charge is 2.33. The lowest BCUT2D eigenvalue weighted by atomic mass is 10.1. The van der Waals surface area contributed by atoms with Gasteiger partial charge in [0.1, 0.15) is 5.75 Å². The van der Waals surface area contributed by atoms with Gasteiger partial charge in [-0.1, -0.05) is 18.2 Å². The van der Waals surface area contributed by atoms with Crippen LogP contribution in [0.25, 0.3) is 23.0 Å². The highest BCUT2D eigenvalue weighted by molar-refractivity contribution is 8.18. The van der Waals surface area contributed by atoms with Crippen molar-refractivity contribution < 1.29 is 9.53 Å². The third-order valence-corrected chi connectivity index (χ3v) is 7.27. The molecule has 35 heavy (non-hydrogen) atoms. The van der Waals surface area contributed by atoms with E-state index >= 15 is 0 Å². The Morgan fingerprint density at radius 1 is 1.11 bits per heavy atom. The molecule has 2 aromatic carbocycles. The number of amides is 1. The van der Waals surface area contributed by atoms with Crippen LogP contribution in [0.15, 0.2) is 76.1 Å². The predicted octanol–water partition coefficient (Wildman–Crippen LogP) is 5.94. The summed E-state index contributed by atoms with van der Waals surface area (Å²) in [5.74, 6) is 0.701. The van der Waals surface area contributed by atoms with E-state index in [0.717, 1.165) is 34.0 Å². The molecule has 9 heteroatoms. The van der Waals surface area contributed by atoms with Crippen molar-refractivity contribution in [2.75, 3.05) is 13.7 Å². The van der Waals surface area contributed by atoms with Gasteiger partial charge in [0, 0.05) is 29.2 Å². The van der Waals surface area contributed by atoms with Crippen molar-refractivity contribution in [3.63, 3.8) is 0 Å². The summed E-state index contributed by atoms with van der Waals surface area (Å²) in [6.07, 6.45) is 3.85. The Kier molecular flexibility index (Phi) is 6.52. The third kappa shape index (κ3) is 4.78. The minimum atomic E-state index is -0.0716. The van der Waals surface area contributed by atoms with Crippen molar-refractivity contribution in [2.45, 2.75) is 13.8 Å². The summed E-state index contributed by atoms with van der Waals surface area (Å²) in [6, 6.07) is 17.7. The van der Waals surface area contributed by atoms with E-state index < -0.39 is 0 Å². The van der Waals surface area contributed by atoms with Gasteiger partial charge >= 0.3 is 0 Å². The van der Waals surface area contributed by atoms with Gasteiger partial charge in [-0.05, 0) is 68.1 Å². The van der Waals surface area contributed by atoms with Crippen LogP contribution in [0.2, 0.25) is 0 Å². The minimum absolute atomic E-state index is 0.0716. The Hall–Kier alpha value is -3.69. The summed E-state index contributed by atoms with van der Waals surface area (Å²) >= 11 is 2.83. The van der Waals surface area contributed by atoms with Crippen LogP contribution < -0.4 is 4.74 Å². The topological polar surface area (TPSA) is 72.6 Å². The quantitative estimate of drug-likeness (QED) is 0.306. The van der Waals surface area contributed by atoms with E-state index in [2.05, 4.69) is 9.98 Å². The molecule has 1 aliphatic rings. The van der Waals surface area contributed by atoms with Crippen LogP contribution in [0.3, 0.4) is 0 Å². The summed E-state index contributed by atoms with van der Waals surface area (Å²) in [7, 11) is 1.64. The lowest BCUT2D eigenvalue weighted by molar-refractivity contribution is -0.122. The van der Waals surface area contributed by atoms with Gasteiger partial charge in [0.2, 0.25) is 5.13 Å². The van der Waals surface area contributed by atoms with E-state index in [-0.39, 0.29) is 5.91 Å². The number of thioether (sulfide) groups is 1. The fourth-order valence-electron chi connectivity index (χ4n) is 3.67. The van der Waals surface area contributed by atoms with Crippen LogP contribution in [-0.4, -0.2) is 44.4 Å². The third-order valence-electron chi connectivity index (χ3n) is 5.42. The number of hydrogen-bond donors (Lipinski definition) is 0. The number of hydrogen-bond acceptors (Lipinski definition) is 7. The number of carbonyl (C=O) groups is 1. The normalized spacial score (nSPS) is 16.0. The average molecular weight is 502 g/mol. The molecule has 1 fully saturated rings. The van der Waals surface area contributed by atoms with E-state index in [1.165, 1.54) is 23.1 Å². The number of para-hydroxylation sites is 1. The maximum absolute atomic E-state index is 13.3. The number of methoxy groups -OCH3 is 1. The lowest BCUT2D eigenvalue weighted by Crippen LogP contribution is -2.28. The molecular formula is C26H23N5O2S2. The maximum Gasteiger partial charge on any atom is 0.266 e. The number of carbonyl (C=O) groups excluding carboxylic acids is 1. The second-order valence-corrected chi connectivity index (χ2v) is 9.61. The van der Waals surface area contributed by atoms with Gasteiger partial charge < -0.3 is 4.74 Å². The zero-order valence-electron chi connectivity index (χ0n) is 19.5. The van der Waals surface area contributed by atoms with Crippen LogP contribution in [0.4, 0.5) is 5.13 Å². The zero-order valence-corrected chi connectivity index (χ0v) is 21.1. The summed E-state index contributed by atoms with van der Waals surface area (Å²) in [4.78, 5) is 24.6. The molecule has 176 valence electrons.